The minimum absolute atomic E-state index is 0.0524. The second-order valence-corrected chi connectivity index (χ2v) is 7.75. The lowest BCUT2D eigenvalue weighted by molar-refractivity contribution is -0.142. The number of carboxylic acids is 1. The molecule has 3 rings (SSSR count). The summed E-state index contributed by atoms with van der Waals surface area (Å²) in [4.78, 5) is 25.3. The summed E-state index contributed by atoms with van der Waals surface area (Å²) in [6.45, 7) is 4.11. The highest BCUT2D eigenvalue weighted by Gasteiger charge is 2.43. The lowest BCUT2D eigenvalue weighted by atomic mass is 9.76. The minimum Gasteiger partial charge on any atom is -0.481 e. The highest BCUT2D eigenvalue weighted by Crippen LogP contribution is 2.51. The zero-order valence-corrected chi connectivity index (χ0v) is 13.5. The fourth-order valence-electron chi connectivity index (χ4n) is 4.16. The molecule has 0 aromatic carbocycles. The van der Waals surface area contributed by atoms with E-state index >= 15 is 0 Å². The summed E-state index contributed by atoms with van der Waals surface area (Å²) in [5.74, 6) is -0.0217. The Hall–Kier alpha value is -1.26. The molecule has 1 aliphatic heterocycles. The Labute approximate surface area is 132 Å². The molecule has 3 aliphatic rings. The lowest BCUT2D eigenvalue weighted by Crippen LogP contribution is -2.50. The molecule has 0 radical (unpaired) electrons. The maximum atomic E-state index is 12.4. The van der Waals surface area contributed by atoms with Crippen molar-refractivity contribution in [2.24, 2.45) is 17.3 Å². The van der Waals surface area contributed by atoms with Gasteiger partial charge in [-0.05, 0) is 62.7 Å². The quantitative estimate of drug-likeness (QED) is 0.842. The number of aliphatic carboxylic acids is 1. The van der Waals surface area contributed by atoms with Crippen molar-refractivity contribution < 1.29 is 14.7 Å². The van der Waals surface area contributed by atoms with Gasteiger partial charge in [-0.2, -0.15) is 0 Å². The van der Waals surface area contributed by atoms with E-state index in [0.29, 0.717) is 18.3 Å². The number of carbonyl (C=O) groups is 2. The van der Waals surface area contributed by atoms with Crippen LogP contribution < -0.4 is 5.32 Å². The van der Waals surface area contributed by atoms with E-state index in [-0.39, 0.29) is 18.0 Å². The van der Waals surface area contributed by atoms with Gasteiger partial charge in [0, 0.05) is 19.1 Å². The third-order valence-corrected chi connectivity index (χ3v) is 6.16. The molecule has 2 aliphatic carbocycles. The summed E-state index contributed by atoms with van der Waals surface area (Å²) in [5.41, 5.74) is 0.455. The Morgan fingerprint density at radius 2 is 1.64 bits per heavy atom. The van der Waals surface area contributed by atoms with Gasteiger partial charge < -0.3 is 15.3 Å². The highest BCUT2D eigenvalue weighted by molar-refractivity contribution is 5.75. The van der Waals surface area contributed by atoms with Crippen LogP contribution in [0.15, 0.2) is 0 Å². The van der Waals surface area contributed by atoms with Crippen LogP contribution in [0.1, 0.15) is 58.3 Å². The van der Waals surface area contributed by atoms with Crippen molar-refractivity contribution in [3.05, 3.63) is 0 Å². The Morgan fingerprint density at radius 3 is 2.14 bits per heavy atom. The molecule has 3 fully saturated rings. The molecule has 2 N–H and O–H groups in total. The fraction of sp³-hybridized carbons (Fsp3) is 0.882. The van der Waals surface area contributed by atoms with Crippen LogP contribution in [-0.4, -0.2) is 41.1 Å². The molecule has 0 atom stereocenters. The number of nitrogens with one attached hydrogen (secondary N) is 1. The number of likely N-dealkylation sites (tertiary alicyclic amines) is 1. The van der Waals surface area contributed by atoms with Gasteiger partial charge in [0.15, 0.2) is 0 Å². The summed E-state index contributed by atoms with van der Waals surface area (Å²) >= 11 is 0. The van der Waals surface area contributed by atoms with E-state index in [2.05, 4.69) is 12.2 Å². The number of hydrogen-bond donors (Lipinski definition) is 2. The number of rotatable bonds is 3. The molecule has 0 aromatic rings. The van der Waals surface area contributed by atoms with Crippen molar-refractivity contribution in [2.75, 3.05) is 13.1 Å². The maximum Gasteiger partial charge on any atom is 0.317 e. The summed E-state index contributed by atoms with van der Waals surface area (Å²) in [5, 5.41) is 12.1. The van der Waals surface area contributed by atoms with Crippen LogP contribution in [0, 0.1) is 17.3 Å². The van der Waals surface area contributed by atoms with Crippen molar-refractivity contribution in [2.45, 2.75) is 64.3 Å². The Balaban J connectivity index is 1.42. The van der Waals surface area contributed by atoms with Gasteiger partial charge in [0.2, 0.25) is 0 Å². The molecule has 2 saturated carbocycles. The molecule has 0 spiro atoms. The number of piperidine rings is 1. The molecule has 0 aromatic heterocycles. The zero-order valence-electron chi connectivity index (χ0n) is 13.5. The molecular weight excluding hydrogens is 280 g/mol. The van der Waals surface area contributed by atoms with E-state index < -0.39 is 5.97 Å². The monoisotopic (exact) mass is 308 g/mol. The molecule has 1 heterocycles. The van der Waals surface area contributed by atoms with Crippen LogP contribution in [0.5, 0.6) is 0 Å². The first-order valence-corrected chi connectivity index (χ1v) is 8.76. The van der Waals surface area contributed by atoms with Crippen molar-refractivity contribution in [1.29, 1.82) is 0 Å². The number of amides is 2. The topological polar surface area (TPSA) is 69.6 Å². The van der Waals surface area contributed by atoms with Gasteiger partial charge in [-0.25, -0.2) is 4.79 Å². The first-order chi connectivity index (χ1) is 10.5. The van der Waals surface area contributed by atoms with Crippen molar-refractivity contribution in [1.82, 2.24) is 10.2 Å². The molecule has 1 saturated heterocycles. The van der Waals surface area contributed by atoms with Gasteiger partial charge in [0.1, 0.15) is 0 Å². The van der Waals surface area contributed by atoms with E-state index in [0.717, 1.165) is 44.7 Å². The lowest BCUT2D eigenvalue weighted by Gasteiger charge is -2.40. The van der Waals surface area contributed by atoms with Crippen molar-refractivity contribution >= 4 is 12.0 Å². The Bertz CT molecular complexity index is 431. The Kier molecular flexibility index (Phi) is 4.33. The van der Waals surface area contributed by atoms with Crippen LogP contribution >= 0.6 is 0 Å². The summed E-state index contributed by atoms with van der Waals surface area (Å²) in [7, 11) is 0. The van der Waals surface area contributed by atoms with Crippen LogP contribution in [0.2, 0.25) is 0 Å². The van der Waals surface area contributed by atoms with E-state index in [4.69, 9.17) is 5.11 Å². The van der Waals surface area contributed by atoms with Gasteiger partial charge in [-0.3, -0.25) is 4.79 Å². The summed E-state index contributed by atoms with van der Waals surface area (Å²) in [6.07, 6.45) is 7.92. The number of carboxylic acid groups (broad SMARTS) is 1. The van der Waals surface area contributed by atoms with E-state index in [1.165, 1.54) is 12.8 Å². The van der Waals surface area contributed by atoms with Gasteiger partial charge in [-0.15, -0.1) is 0 Å². The van der Waals surface area contributed by atoms with E-state index in [9.17, 15) is 9.59 Å². The first-order valence-electron chi connectivity index (χ1n) is 8.76. The highest BCUT2D eigenvalue weighted by atomic mass is 16.4. The average molecular weight is 308 g/mol. The SMILES string of the molecule is CC1(C2CC2)CCN(C(=O)NC2CCC(C(=O)O)CC2)CC1. The average Bonchev–Trinajstić information content (AvgIpc) is 3.33. The normalized spacial score (nSPS) is 31.6. The molecule has 5 nitrogen and oxygen atoms in total. The van der Waals surface area contributed by atoms with E-state index in [1.807, 2.05) is 4.90 Å². The predicted octanol–water partition coefficient (Wildman–Crippen LogP) is 2.85. The van der Waals surface area contributed by atoms with Crippen LogP contribution in [-0.2, 0) is 4.79 Å². The first kappa shape index (κ1) is 15.6. The van der Waals surface area contributed by atoms with Crippen molar-refractivity contribution in [3.63, 3.8) is 0 Å². The Morgan fingerprint density at radius 1 is 1.05 bits per heavy atom. The molecule has 22 heavy (non-hydrogen) atoms. The molecule has 2 amide bonds. The number of nitrogens with zero attached hydrogens (tertiary/aromatic N) is 1. The zero-order chi connectivity index (χ0) is 15.7. The molecule has 124 valence electrons. The van der Waals surface area contributed by atoms with Crippen LogP contribution in [0.3, 0.4) is 0 Å². The van der Waals surface area contributed by atoms with Gasteiger partial charge in [-0.1, -0.05) is 6.92 Å². The molecular formula is C17H28N2O3. The number of carbonyl (C=O) groups excluding carboxylic acids is 1. The third kappa shape index (κ3) is 3.39. The van der Waals surface area contributed by atoms with Gasteiger partial charge in [0.25, 0.3) is 0 Å². The second-order valence-electron chi connectivity index (χ2n) is 7.75. The standard InChI is InChI=1S/C17H28N2O3/c1-17(13-4-5-13)8-10-19(11-9-17)16(22)18-14-6-2-12(3-7-14)15(20)21/h12-14H,2-11H2,1H3,(H,18,22)(H,20,21). The minimum atomic E-state index is -0.694. The fourth-order valence-corrected chi connectivity index (χ4v) is 4.16. The molecule has 0 bridgehead atoms. The van der Waals surface area contributed by atoms with Crippen LogP contribution in [0.4, 0.5) is 4.79 Å². The summed E-state index contributed by atoms with van der Waals surface area (Å²) in [6, 6.07) is 0.205. The largest absolute Gasteiger partial charge is 0.481 e. The predicted molar refractivity (Wildman–Crippen MR) is 83.6 cm³/mol. The molecule has 5 heteroatoms. The van der Waals surface area contributed by atoms with Crippen LogP contribution in [0.25, 0.3) is 0 Å². The van der Waals surface area contributed by atoms with Crippen molar-refractivity contribution in [3.8, 4) is 0 Å². The maximum absolute atomic E-state index is 12.4. The number of hydrogen-bond acceptors (Lipinski definition) is 2. The van der Waals surface area contributed by atoms with E-state index in [1.54, 1.807) is 0 Å². The van der Waals surface area contributed by atoms with Gasteiger partial charge in [0.05, 0.1) is 5.92 Å². The summed E-state index contributed by atoms with van der Waals surface area (Å²) < 4.78 is 0. The smallest absolute Gasteiger partial charge is 0.317 e. The molecule has 0 unspecified atom stereocenters. The third-order valence-electron chi connectivity index (χ3n) is 6.16. The number of urea groups is 1. The second kappa shape index (κ2) is 6.09. The van der Waals surface area contributed by atoms with Gasteiger partial charge >= 0.3 is 12.0 Å².